The van der Waals surface area contributed by atoms with Crippen molar-refractivity contribution in [3.8, 4) is 0 Å². The average Bonchev–Trinajstić information content (AvgIpc) is 3.00. The van der Waals surface area contributed by atoms with Crippen LogP contribution in [0.4, 0.5) is 9.59 Å². The molecule has 2 rings (SSSR count). The Kier molecular flexibility index (Phi) is 6.25. The van der Waals surface area contributed by atoms with E-state index in [9.17, 15) is 9.59 Å². The summed E-state index contributed by atoms with van der Waals surface area (Å²) < 4.78 is 6.90. The molecule has 23 heavy (non-hydrogen) atoms. The highest BCUT2D eigenvalue weighted by molar-refractivity contribution is 5.74. The number of piperidine rings is 1. The summed E-state index contributed by atoms with van der Waals surface area (Å²) in [6.07, 6.45) is 6.50. The van der Waals surface area contributed by atoms with E-state index in [0.29, 0.717) is 26.2 Å². The molecule has 1 unspecified atom stereocenters. The zero-order valence-corrected chi connectivity index (χ0v) is 13.7. The molecule has 0 radical (unpaired) electrons. The fourth-order valence-corrected chi connectivity index (χ4v) is 2.63. The van der Waals surface area contributed by atoms with Crippen molar-refractivity contribution in [3.05, 3.63) is 18.7 Å². The van der Waals surface area contributed by atoms with E-state index in [1.807, 2.05) is 17.7 Å². The third kappa shape index (κ3) is 5.46. The highest BCUT2D eigenvalue weighted by Crippen LogP contribution is 2.11. The van der Waals surface area contributed by atoms with E-state index in [1.54, 1.807) is 24.3 Å². The van der Waals surface area contributed by atoms with Gasteiger partial charge >= 0.3 is 12.1 Å². The number of amides is 3. The van der Waals surface area contributed by atoms with Crippen molar-refractivity contribution in [1.29, 1.82) is 0 Å². The van der Waals surface area contributed by atoms with Gasteiger partial charge in [0.05, 0.1) is 12.9 Å². The van der Waals surface area contributed by atoms with Crippen molar-refractivity contribution < 1.29 is 14.3 Å². The van der Waals surface area contributed by atoms with Crippen molar-refractivity contribution >= 4 is 12.1 Å². The van der Waals surface area contributed by atoms with Crippen LogP contribution >= 0.6 is 0 Å². The van der Waals surface area contributed by atoms with E-state index in [2.05, 4.69) is 15.6 Å². The molecule has 0 aromatic carbocycles. The van der Waals surface area contributed by atoms with Crippen LogP contribution in [-0.2, 0) is 11.3 Å². The lowest BCUT2D eigenvalue weighted by molar-refractivity contribution is 0.0957. The zero-order valence-electron chi connectivity index (χ0n) is 13.7. The van der Waals surface area contributed by atoms with Gasteiger partial charge in [-0.25, -0.2) is 14.6 Å². The maximum absolute atomic E-state index is 12.0. The van der Waals surface area contributed by atoms with Crippen LogP contribution in [0.1, 0.15) is 26.7 Å². The van der Waals surface area contributed by atoms with Gasteiger partial charge in [0.25, 0.3) is 0 Å². The highest BCUT2D eigenvalue weighted by Gasteiger charge is 2.24. The molecule has 8 nitrogen and oxygen atoms in total. The van der Waals surface area contributed by atoms with E-state index in [-0.39, 0.29) is 24.2 Å². The summed E-state index contributed by atoms with van der Waals surface area (Å²) in [5, 5.41) is 5.88. The number of rotatable bonds is 5. The predicted molar refractivity (Wildman–Crippen MR) is 85.0 cm³/mol. The Labute approximate surface area is 136 Å². The first-order valence-electron chi connectivity index (χ1n) is 8.03. The molecule has 128 valence electrons. The van der Waals surface area contributed by atoms with E-state index >= 15 is 0 Å². The number of carbonyl (C=O) groups is 2. The minimum absolute atomic E-state index is 0.00354. The number of ether oxygens (including phenoxy) is 1. The Balaban J connectivity index is 1.67. The molecular formula is C15H25N5O3. The molecule has 1 aliphatic rings. The monoisotopic (exact) mass is 323 g/mol. The van der Waals surface area contributed by atoms with Gasteiger partial charge in [-0.1, -0.05) is 0 Å². The summed E-state index contributed by atoms with van der Waals surface area (Å²) in [6, 6.07) is -0.0860. The van der Waals surface area contributed by atoms with Crippen LogP contribution in [0.25, 0.3) is 0 Å². The Hall–Kier alpha value is -2.25. The molecule has 1 fully saturated rings. The van der Waals surface area contributed by atoms with Crippen molar-refractivity contribution in [2.24, 2.45) is 0 Å². The highest BCUT2D eigenvalue weighted by atomic mass is 16.6. The zero-order chi connectivity index (χ0) is 16.7. The molecule has 0 spiro atoms. The topological polar surface area (TPSA) is 88.5 Å². The summed E-state index contributed by atoms with van der Waals surface area (Å²) in [7, 11) is 0. The first-order valence-corrected chi connectivity index (χ1v) is 8.03. The molecule has 2 heterocycles. The number of carbonyl (C=O) groups excluding carboxylic acids is 2. The van der Waals surface area contributed by atoms with E-state index in [4.69, 9.17) is 4.74 Å². The third-order valence-corrected chi connectivity index (χ3v) is 3.78. The van der Waals surface area contributed by atoms with Crippen LogP contribution < -0.4 is 10.6 Å². The largest absolute Gasteiger partial charge is 0.450 e. The third-order valence-electron chi connectivity index (χ3n) is 3.78. The summed E-state index contributed by atoms with van der Waals surface area (Å²) >= 11 is 0. The van der Waals surface area contributed by atoms with Crippen LogP contribution in [0, 0.1) is 0 Å². The van der Waals surface area contributed by atoms with Crippen LogP contribution in [0.3, 0.4) is 0 Å². The molecule has 0 bridgehead atoms. The molecule has 2 N–H and O–H groups in total. The molecule has 1 aliphatic heterocycles. The molecular weight excluding hydrogens is 298 g/mol. The lowest BCUT2D eigenvalue weighted by atomic mass is 10.1. The molecule has 0 aliphatic carbocycles. The van der Waals surface area contributed by atoms with Gasteiger partial charge in [-0.2, -0.15) is 0 Å². The summed E-state index contributed by atoms with van der Waals surface area (Å²) in [6.45, 7) is 6.01. The standard InChI is InChI=1S/C15H25N5O3/c1-3-23-15(22)20-7-4-13(5-8-20)18-14(21)17-12(2)10-19-9-6-16-11-19/h6,9,11-13H,3-5,7-8,10H2,1-2H3,(H2,17,18,21). The molecule has 1 atom stereocenters. The van der Waals surface area contributed by atoms with Gasteiger partial charge in [-0.05, 0) is 26.7 Å². The minimum atomic E-state index is -0.274. The Bertz CT molecular complexity index is 497. The number of nitrogens with one attached hydrogen (secondary N) is 2. The van der Waals surface area contributed by atoms with Crippen molar-refractivity contribution in [3.63, 3.8) is 0 Å². The van der Waals surface area contributed by atoms with Gasteiger partial charge in [0.1, 0.15) is 0 Å². The number of nitrogens with zero attached hydrogens (tertiary/aromatic N) is 3. The molecule has 1 aromatic heterocycles. The van der Waals surface area contributed by atoms with Crippen LogP contribution in [-0.4, -0.2) is 58.4 Å². The van der Waals surface area contributed by atoms with Crippen LogP contribution in [0.5, 0.6) is 0 Å². The number of hydrogen-bond donors (Lipinski definition) is 2. The number of aromatic nitrogens is 2. The van der Waals surface area contributed by atoms with Gasteiger partial charge in [-0.15, -0.1) is 0 Å². The summed E-state index contributed by atoms with van der Waals surface area (Å²) in [5.74, 6) is 0. The second kappa shape index (κ2) is 8.40. The lowest BCUT2D eigenvalue weighted by Gasteiger charge is -2.31. The summed E-state index contributed by atoms with van der Waals surface area (Å²) in [4.78, 5) is 29.3. The maximum Gasteiger partial charge on any atom is 0.409 e. The van der Waals surface area contributed by atoms with Gasteiger partial charge in [0, 0.05) is 44.1 Å². The van der Waals surface area contributed by atoms with Gasteiger partial charge in [0.15, 0.2) is 0 Å². The molecule has 8 heteroatoms. The van der Waals surface area contributed by atoms with Gasteiger partial charge in [-0.3, -0.25) is 0 Å². The number of likely N-dealkylation sites (tertiary alicyclic amines) is 1. The first kappa shape index (κ1) is 17.1. The molecule has 1 aromatic rings. The molecule has 0 saturated carbocycles. The quantitative estimate of drug-likeness (QED) is 0.852. The second-order valence-corrected chi connectivity index (χ2v) is 5.74. The molecule has 3 amide bonds. The van der Waals surface area contributed by atoms with Crippen LogP contribution in [0.2, 0.25) is 0 Å². The number of hydrogen-bond acceptors (Lipinski definition) is 4. The number of urea groups is 1. The van der Waals surface area contributed by atoms with Crippen LogP contribution in [0.15, 0.2) is 18.7 Å². The maximum atomic E-state index is 12.0. The van der Waals surface area contributed by atoms with E-state index in [0.717, 1.165) is 12.8 Å². The van der Waals surface area contributed by atoms with Gasteiger partial charge < -0.3 is 24.8 Å². The van der Waals surface area contributed by atoms with Crippen molar-refractivity contribution in [2.75, 3.05) is 19.7 Å². The number of imidazole rings is 1. The van der Waals surface area contributed by atoms with Crippen molar-refractivity contribution in [2.45, 2.75) is 45.3 Å². The second-order valence-electron chi connectivity index (χ2n) is 5.74. The predicted octanol–water partition coefficient (Wildman–Crippen LogP) is 1.19. The fraction of sp³-hybridized carbons (Fsp3) is 0.667. The Morgan fingerprint density at radius 2 is 2.13 bits per heavy atom. The van der Waals surface area contributed by atoms with E-state index < -0.39 is 0 Å². The fourth-order valence-electron chi connectivity index (χ4n) is 2.63. The molecule has 1 saturated heterocycles. The SMILES string of the molecule is CCOC(=O)N1CCC(NC(=O)NC(C)Cn2ccnc2)CC1. The summed E-state index contributed by atoms with van der Waals surface area (Å²) in [5.41, 5.74) is 0. The van der Waals surface area contributed by atoms with Gasteiger partial charge in [0.2, 0.25) is 0 Å². The van der Waals surface area contributed by atoms with E-state index in [1.165, 1.54) is 0 Å². The lowest BCUT2D eigenvalue weighted by Crippen LogP contribution is -2.51. The average molecular weight is 323 g/mol. The minimum Gasteiger partial charge on any atom is -0.450 e. The Morgan fingerprint density at radius 1 is 1.39 bits per heavy atom. The normalized spacial score (nSPS) is 16.7. The smallest absolute Gasteiger partial charge is 0.409 e. The first-order chi connectivity index (χ1) is 11.1. The Morgan fingerprint density at radius 3 is 2.74 bits per heavy atom. The van der Waals surface area contributed by atoms with Crippen molar-refractivity contribution in [1.82, 2.24) is 25.1 Å².